The third kappa shape index (κ3) is 2.69. The van der Waals surface area contributed by atoms with Crippen molar-refractivity contribution in [1.29, 1.82) is 0 Å². The highest BCUT2D eigenvalue weighted by atomic mass is 16.5. The Morgan fingerprint density at radius 1 is 1.29 bits per heavy atom. The molecule has 2 fully saturated rings. The van der Waals surface area contributed by atoms with Gasteiger partial charge >= 0.3 is 0 Å². The maximum Gasteiger partial charge on any atom is 0.0480 e. The maximum absolute atomic E-state index is 5.41. The molecule has 3 nitrogen and oxygen atoms in total. The zero-order valence-electron chi connectivity index (χ0n) is 9.17. The van der Waals surface area contributed by atoms with Gasteiger partial charge in [-0.15, -0.1) is 0 Å². The lowest BCUT2D eigenvalue weighted by atomic mass is 10.1. The van der Waals surface area contributed by atoms with Crippen LogP contribution in [0.4, 0.5) is 0 Å². The molecule has 0 aromatic heterocycles. The summed E-state index contributed by atoms with van der Waals surface area (Å²) in [5, 5.41) is 3.49. The van der Waals surface area contributed by atoms with E-state index in [-0.39, 0.29) is 0 Å². The van der Waals surface area contributed by atoms with Gasteiger partial charge in [0.05, 0.1) is 0 Å². The van der Waals surface area contributed by atoms with Crippen LogP contribution in [0, 0.1) is 5.92 Å². The molecule has 2 aliphatic heterocycles. The molecule has 2 heterocycles. The van der Waals surface area contributed by atoms with Gasteiger partial charge in [0.1, 0.15) is 0 Å². The van der Waals surface area contributed by atoms with Crippen molar-refractivity contribution in [2.24, 2.45) is 5.92 Å². The first kappa shape index (κ1) is 10.4. The molecule has 2 saturated heterocycles. The van der Waals surface area contributed by atoms with Crippen molar-refractivity contribution in [2.75, 3.05) is 39.4 Å². The Hall–Kier alpha value is -0.120. The molecule has 0 amide bonds. The fourth-order valence-corrected chi connectivity index (χ4v) is 2.51. The summed E-state index contributed by atoms with van der Waals surface area (Å²) in [5.74, 6) is 0.792. The van der Waals surface area contributed by atoms with Crippen LogP contribution >= 0.6 is 0 Å². The molecular formula is C11H22N2O. The third-order valence-electron chi connectivity index (χ3n) is 3.32. The Morgan fingerprint density at radius 2 is 2.07 bits per heavy atom. The Labute approximate surface area is 86.8 Å². The second-order valence-corrected chi connectivity index (χ2v) is 4.65. The summed E-state index contributed by atoms with van der Waals surface area (Å²) in [4.78, 5) is 2.66. The molecule has 2 rings (SSSR count). The first-order chi connectivity index (χ1) is 6.86. The standard InChI is InChI=1S/C11H22N2O/c1-10-8-12-4-5-13(9-10)11-2-6-14-7-3-11/h10-12H,2-9H2,1H3. The van der Waals surface area contributed by atoms with Crippen LogP contribution in [0.1, 0.15) is 19.8 Å². The van der Waals surface area contributed by atoms with Crippen molar-refractivity contribution in [1.82, 2.24) is 10.2 Å². The van der Waals surface area contributed by atoms with Crippen LogP contribution in [-0.4, -0.2) is 50.3 Å². The topological polar surface area (TPSA) is 24.5 Å². The van der Waals surface area contributed by atoms with E-state index in [0.717, 1.165) is 31.7 Å². The summed E-state index contributed by atoms with van der Waals surface area (Å²) < 4.78 is 5.41. The summed E-state index contributed by atoms with van der Waals surface area (Å²) >= 11 is 0. The minimum atomic E-state index is 0.783. The largest absolute Gasteiger partial charge is 0.381 e. The maximum atomic E-state index is 5.41. The number of nitrogens with one attached hydrogen (secondary N) is 1. The van der Waals surface area contributed by atoms with Gasteiger partial charge in [0.2, 0.25) is 0 Å². The van der Waals surface area contributed by atoms with Crippen molar-refractivity contribution in [2.45, 2.75) is 25.8 Å². The fraction of sp³-hybridized carbons (Fsp3) is 1.00. The molecule has 0 spiro atoms. The normalized spacial score (nSPS) is 32.8. The summed E-state index contributed by atoms with van der Waals surface area (Å²) in [7, 11) is 0. The highest BCUT2D eigenvalue weighted by molar-refractivity contribution is 4.79. The highest BCUT2D eigenvalue weighted by Crippen LogP contribution is 2.16. The van der Waals surface area contributed by atoms with Crippen molar-refractivity contribution in [3.63, 3.8) is 0 Å². The Bertz CT molecular complexity index is 169. The quantitative estimate of drug-likeness (QED) is 0.671. The van der Waals surface area contributed by atoms with Crippen LogP contribution in [-0.2, 0) is 4.74 Å². The zero-order valence-corrected chi connectivity index (χ0v) is 9.17. The Balaban J connectivity index is 1.87. The van der Waals surface area contributed by atoms with Crippen molar-refractivity contribution in [3.05, 3.63) is 0 Å². The van der Waals surface area contributed by atoms with E-state index >= 15 is 0 Å². The summed E-state index contributed by atoms with van der Waals surface area (Å²) in [6.45, 7) is 9.07. The molecule has 14 heavy (non-hydrogen) atoms. The zero-order chi connectivity index (χ0) is 9.80. The monoisotopic (exact) mass is 198 g/mol. The van der Waals surface area contributed by atoms with Crippen molar-refractivity contribution in [3.8, 4) is 0 Å². The molecule has 1 unspecified atom stereocenters. The number of rotatable bonds is 1. The molecule has 0 radical (unpaired) electrons. The van der Waals surface area contributed by atoms with Crippen LogP contribution in [0.25, 0.3) is 0 Å². The van der Waals surface area contributed by atoms with Gasteiger partial charge in [0.15, 0.2) is 0 Å². The van der Waals surface area contributed by atoms with E-state index in [4.69, 9.17) is 4.74 Å². The summed E-state index contributed by atoms with van der Waals surface area (Å²) in [6.07, 6.45) is 2.46. The van der Waals surface area contributed by atoms with Crippen LogP contribution < -0.4 is 5.32 Å². The van der Waals surface area contributed by atoms with Gasteiger partial charge in [-0.3, -0.25) is 4.90 Å². The van der Waals surface area contributed by atoms with Crippen LogP contribution in [0.2, 0.25) is 0 Å². The van der Waals surface area contributed by atoms with Crippen LogP contribution in [0.15, 0.2) is 0 Å². The van der Waals surface area contributed by atoms with Crippen LogP contribution in [0.3, 0.4) is 0 Å². The van der Waals surface area contributed by atoms with E-state index in [1.807, 2.05) is 0 Å². The molecule has 82 valence electrons. The van der Waals surface area contributed by atoms with Crippen molar-refractivity contribution >= 4 is 0 Å². The molecule has 3 heteroatoms. The van der Waals surface area contributed by atoms with E-state index in [2.05, 4.69) is 17.1 Å². The molecule has 1 atom stereocenters. The Morgan fingerprint density at radius 3 is 2.86 bits per heavy atom. The molecule has 2 aliphatic rings. The van der Waals surface area contributed by atoms with Gasteiger partial charge in [0, 0.05) is 38.9 Å². The first-order valence-corrected chi connectivity index (χ1v) is 5.89. The SMILES string of the molecule is CC1CNCCN(C2CCOCC2)C1. The molecule has 0 bridgehead atoms. The predicted octanol–water partition coefficient (Wildman–Crippen LogP) is 0.707. The van der Waals surface area contributed by atoms with Gasteiger partial charge in [-0.2, -0.15) is 0 Å². The van der Waals surface area contributed by atoms with Gasteiger partial charge < -0.3 is 10.1 Å². The van der Waals surface area contributed by atoms with E-state index in [0.29, 0.717) is 0 Å². The smallest absolute Gasteiger partial charge is 0.0480 e. The fourth-order valence-electron chi connectivity index (χ4n) is 2.51. The van der Waals surface area contributed by atoms with Crippen LogP contribution in [0.5, 0.6) is 0 Å². The molecular weight excluding hydrogens is 176 g/mol. The lowest BCUT2D eigenvalue weighted by Crippen LogP contribution is -2.42. The number of hydrogen-bond acceptors (Lipinski definition) is 3. The average molecular weight is 198 g/mol. The lowest BCUT2D eigenvalue weighted by molar-refractivity contribution is 0.0330. The van der Waals surface area contributed by atoms with E-state index in [9.17, 15) is 0 Å². The average Bonchev–Trinajstić information content (AvgIpc) is 2.44. The molecule has 1 N–H and O–H groups in total. The minimum absolute atomic E-state index is 0.783. The summed E-state index contributed by atoms with van der Waals surface area (Å²) in [6, 6.07) is 0.783. The third-order valence-corrected chi connectivity index (χ3v) is 3.32. The van der Waals surface area contributed by atoms with Gasteiger partial charge in [-0.25, -0.2) is 0 Å². The van der Waals surface area contributed by atoms with Gasteiger partial charge in [-0.05, 0) is 25.3 Å². The van der Waals surface area contributed by atoms with Crippen molar-refractivity contribution < 1.29 is 4.74 Å². The number of ether oxygens (including phenoxy) is 1. The van der Waals surface area contributed by atoms with E-state index < -0.39 is 0 Å². The second kappa shape index (κ2) is 5.10. The van der Waals surface area contributed by atoms with Gasteiger partial charge in [0.25, 0.3) is 0 Å². The van der Waals surface area contributed by atoms with Gasteiger partial charge in [-0.1, -0.05) is 6.92 Å². The Kier molecular flexibility index (Phi) is 3.79. The molecule has 0 saturated carbocycles. The summed E-state index contributed by atoms with van der Waals surface area (Å²) in [5.41, 5.74) is 0. The van der Waals surface area contributed by atoms with E-state index in [1.165, 1.54) is 32.5 Å². The lowest BCUT2D eigenvalue weighted by Gasteiger charge is -2.34. The predicted molar refractivity (Wildman–Crippen MR) is 57.4 cm³/mol. The number of nitrogens with zero attached hydrogens (tertiary/aromatic N) is 1. The minimum Gasteiger partial charge on any atom is -0.381 e. The second-order valence-electron chi connectivity index (χ2n) is 4.65. The van der Waals surface area contributed by atoms with E-state index in [1.54, 1.807) is 0 Å². The first-order valence-electron chi connectivity index (χ1n) is 5.89. The highest BCUT2D eigenvalue weighted by Gasteiger charge is 2.23. The molecule has 0 aliphatic carbocycles. The molecule has 0 aromatic rings. The number of hydrogen-bond donors (Lipinski definition) is 1. The molecule has 0 aromatic carbocycles.